The molecule has 1 saturated heterocycles. The Hall–Kier alpha value is -0.610. The van der Waals surface area contributed by atoms with Crippen LogP contribution in [0.15, 0.2) is 0 Å². The van der Waals surface area contributed by atoms with E-state index >= 15 is 0 Å². The Labute approximate surface area is 72.9 Å². The second-order valence-corrected chi connectivity index (χ2v) is 2.95. The lowest BCUT2D eigenvalue weighted by Crippen LogP contribution is -2.89. The predicted octanol–water partition coefficient (Wildman–Crippen LogP) is -1.57. The first-order chi connectivity index (χ1) is 5.83. The van der Waals surface area contributed by atoms with Gasteiger partial charge in [0.1, 0.15) is 0 Å². The van der Waals surface area contributed by atoms with Crippen LogP contribution in [0.25, 0.3) is 0 Å². The van der Waals surface area contributed by atoms with Crippen LogP contribution < -0.4 is 5.32 Å². The van der Waals surface area contributed by atoms with E-state index in [1.165, 1.54) is 0 Å². The number of rotatable bonds is 3. The minimum atomic E-state index is -0.0978. The van der Waals surface area contributed by atoms with Crippen LogP contribution >= 0.6 is 0 Å². The summed E-state index contributed by atoms with van der Waals surface area (Å²) in [6.45, 7) is 6.97. The van der Waals surface area contributed by atoms with E-state index in [1.54, 1.807) is 0 Å². The van der Waals surface area contributed by atoms with Crippen molar-refractivity contribution in [2.24, 2.45) is 0 Å². The Balaban J connectivity index is 2.15. The molecule has 0 spiro atoms. The van der Waals surface area contributed by atoms with Crippen LogP contribution in [-0.2, 0) is 9.53 Å². The van der Waals surface area contributed by atoms with E-state index in [9.17, 15) is 4.79 Å². The number of ether oxygens (including phenoxy) is 1. The van der Waals surface area contributed by atoms with Gasteiger partial charge in [0.05, 0.1) is 26.2 Å². The molecule has 0 aromatic carbocycles. The molecule has 4 heteroatoms. The van der Waals surface area contributed by atoms with Crippen LogP contribution in [0.4, 0.5) is 0 Å². The molecule has 0 radical (unpaired) electrons. The van der Waals surface area contributed by atoms with Crippen LogP contribution in [0.1, 0.15) is 6.92 Å². The first kappa shape index (κ1) is 9.48. The van der Waals surface area contributed by atoms with E-state index in [1.807, 2.05) is 6.92 Å². The SMILES string of the molecule is CCOC(=O)CN1CC[NH2+]CC1. The third-order valence-electron chi connectivity index (χ3n) is 1.96. The fourth-order valence-corrected chi connectivity index (χ4v) is 1.35. The Kier molecular flexibility index (Phi) is 4.04. The molecule has 2 N–H and O–H groups in total. The molecule has 0 unspecified atom stereocenters. The van der Waals surface area contributed by atoms with Crippen LogP contribution in [-0.4, -0.2) is 50.2 Å². The van der Waals surface area contributed by atoms with Crippen LogP contribution in [0, 0.1) is 0 Å². The molecule has 0 aromatic rings. The average molecular weight is 173 g/mol. The summed E-state index contributed by atoms with van der Waals surface area (Å²) in [6.07, 6.45) is 0. The molecular weight excluding hydrogens is 156 g/mol. The third-order valence-corrected chi connectivity index (χ3v) is 1.96. The zero-order valence-corrected chi connectivity index (χ0v) is 7.58. The maximum Gasteiger partial charge on any atom is 0.320 e. The lowest BCUT2D eigenvalue weighted by atomic mass is 10.3. The van der Waals surface area contributed by atoms with E-state index in [0.29, 0.717) is 13.2 Å². The molecule has 0 bridgehead atoms. The van der Waals surface area contributed by atoms with E-state index in [4.69, 9.17) is 4.74 Å². The van der Waals surface area contributed by atoms with Gasteiger partial charge in [-0.25, -0.2) is 0 Å². The molecule has 1 rings (SSSR count). The highest BCUT2D eigenvalue weighted by molar-refractivity contribution is 5.71. The van der Waals surface area contributed by atoms with E-state index in [0.717, 1.165) is 26.2 Å². The number of esters is 1. The molecule has 1 aliphatic rings. The normalized spacial score (nSPS) is 19.1. The van der Waals surface area contributed by atoms with Crippen molar-refractivity contribution in [1.29, 1.82) is 0 Å². The Morgan fingerprint density at radius 3 is 2.75 bits per heavy atom. The largest absolute Gasteiger partial charge is 0.465 e. The Morgan fingerprint density at radius 1 is 1.50 bits per heavy atom. The molecule has 0 atom stereocenters. The quantitative estimate of drug-likeness (QED) is 0.524. The van der Waals surface area contributed by atoms with Crippen molar-refractivity contribution in [3.05, 3.63) is 0 Å². The summed E-state index contributed by atoms with van der Waals surface area (Å²) in [7, 11) is 0. The number of piperazine rings is 1. The lowest BCUT2D eigenvalue weighted by molar-refractivity contribution is -0.663. The van der Waals surface area contributed by atoms with Crippen LogP contribution in [0.3, 0.4) is 0 Å². The molecule has 0 aromatic heterocycles. The summed E-state index contributed by atoms with van der Waals surface area (Å²) < 4.78 is 4.85. The van der Waals surface area contributed by atoms with Gasteiger partial charge in [0.25, 0.3) is 0 Å². The minimum Gasteiger partial charge on any atom is -0.465 e. The van der Waals surface area contributed by atoms with Crippen molar-refractivity contribution >= 4 is 5.97 Å². The maximum atomic E-state index is 11.0. The number of nitrogens with two attached hydrogens (primary N) is 1. The first-order valence-corrected chi connectivity index (χ1v) is 4.52. The first-order valence-electron chi connectivity index (χ1n) is 4.52. The number of nitrogens with zero attached hydrogens (tertiary/aromatic N) is 1. The summed E-state index contributed by atoms with van der Waals surface area (Å²) >= 11 is 0. The third kappa shape index (κ3) is 3.19. The van der Waals surface area contributed by atoms with Gasteiger partial charge < -0.3 is 10.1 Å². The number of carbonyl (C=O) groups is 1. The molecule has 1 aliphatic heterocycles. The summed E-state index contributed by atoms with van der Waals surface area (Å²) in [5, 5.41) is 2.27. The Morgan fingerprint density at radius 2 is 2.17 bits per heavy atom. The smallest absolute Gasteiger partial charge is 0.320 e. The van der Waals surface area contributed by atoms with Gasteiger partial charge in [-0.05, 0) is 6.92 Å². The summed E-state index contributed by atoms with van der Waals surface area (Å²) in [6, 6.07) is 0. The average Bonchev–Trinajstić information content (AvgIpc) is 2.06. The zero-order valence-electron chi connectivity index (χ0n) is 7.58. The van der Waals surface area contributed by atoms with Crippen molar-refractivity contribution in [1.82, 2.24) is 4.90 Å². The summed E-state index contributed by atoms with van der Waals surface area (Å²) in [5.74, 6) is -0.0978. The fourth-order valence-electron chi connectivity index (χ4n) is 1.35. The van der Waals surface area contributed by atoms with E-state index < -0.39 is 0 Å². The van der Waals surface area contributed by atoms with Gasteiger partial charge in [-0.2, -0.15) is 0 Å². The predicted molar refractivity (Wildman–Crippen MR) is 44.7 cm³/mol. The highest BCUT2D eigenvalue weighted by atomic mass is 16.5. The fraction of sp³-hybridized carbons (Fsp3) is 0.875. The number of quaternary nitrogens is 1. The molecule has 12 heavy (non-hydrogen) atoms. The van der Waals surface area contributed by atoms with Crippen molar-refractivity contribution in [3.8, 4) is 0 Å². The monoisotopic (exact) mass is 173 g/mol. The van der Waals surface area contributed by atoms with Gasteiger partial charge in [0, 0.05) is 13.1 Å². The maximum absolute atomic E-state index is 11.0. The van der Waals surface area contributed by atoms with Gasteiger partial charge >= 0.3 is 5.97 Å². The van der Waals surface area contributed by atoms with Crippen LogP contribution in [0.2, 0.25) is 0 Å². The highest BCUT2D eigenvalue weighted by Crippen LogP contribution is 1.89. The molecule has 1 heterocycles. The number of hydrogen-bond acceptors (Lipinski definition) is 3. The molecular formula is C8H17N2O2+. The van der Waals surface area contributed by atoms with Crippen molar-refractivity contribution < 1.29 is 14.8 Å². The van der Waals surface area contributed by atoms with Gasteiger partial charge in [0.2, 0.25) is 0 Å². The second-order valence-electron chi connectivity index (χ2n) is 2.95. The summed E-state index contributed by atoms with van der Waals surface area (Å²) in [5.41, 5.74) is 0. The van der Waals surface area contributed by atoms with Crippen molar-refractivity contribution in [2.45, 2.75) is 6.92 Å². The van der Waals surface area contributed by atoms with Gasteiger partial charge in [-0.1, -0.05) is 0 Å². The van der Waals surface area contributed by atoms with E-state index in [-0.39, 0.29) is 5.97 Å². The molecule has 0 amide bonds. The Bertz CT molecular complexity index is 144. The lowest BCUT2D eigenvalue weighted by Gasteiger charge is -2.23. The highest BCUT2D eigenvalue weighted by Gasteiger charge is 2.15. The topological polar surface area (TPSA) is 46.1 Å². The minimum absolute atomic E-state index is 0.0978. The number of hydrogen-bond donors (Lipinski definition) is 1. The zero-order chi connectivity index (χ0) is 8.81. The van der Waals surface area contributed by atoms with Crippen molar-refractivity contribution in [2.75, 3.05) is 39.3 Å². The van der Waals surface area contributed by atoms with Crippen molar-refractivity contribution in [3.63, 3.8) is 0 Å². The van der Waals surface area contributed by atoms with Gasteiger partial charge in [-0.3, -0.25) is 9.69 Å². The number of carbonyl (C=O) groups excluding carboxylic acids is 1. The standard InChI is InChI=1S/C8H16N2O2/c1-2-12-8(11)7-10-5-3-9-4-6-10/h9H,2-7H2,1H3/p+1. The molecule has 4 nitrogen and oxygen atoms in total. The van der Waals surface area contributed by atoms with E-state index in [2.05, 4.69) is 10.2 Å². The molecule has 70 valence electrons. The summed E-state index contributed by atoms with van der Waals surface area (Å²) in [4.78, 5) is 13.2. The molecule has 0 saturated carbocycles. The second kappa shape index (κ2) is 5.11. The molecule has 0 aliphatic carbocycles. The van der Waals surface area contributed by atoms with Gasteiger partial charge in [-0.15, -0.1) is 0 Å². The van der Waals surface area contributed by atoms with Gasteiger partial charge in [0.15, 0.2) is 0 Å². The van der Waals surface area contributed by atoms with Crippen LogP contribution in [0.5, 0.6) is 0 Å². The molecule has 1 fully saturated rings.